The average molecular weight is 425 g/mol. The maximum atomic E-state index is 13.3. The number of fused-ring (bicyclic) bond motifs is 1. The number of amides is 1. The number of rotatable bonds is 4. The number of benzene rings is 2. The van der Waals surface area contributed by atoms with Gasteiger partial charge in [-0.1, -0.05) is 12.1 Å². The van der Waals surface area contributed by atoms with Crippen LogP contribution in [0.4, 0.5) is 18.9 Å². The van der Waals surface area contributed by atoms with Gasteiger partial charge in [-0.25, -0.2) is 4.98 Å². The first-order valence-electron chi connectivity index (χ1n) is 9.37. The molecule has 0 bridgehead atoms. The predicted molar refractivity (Wildman–Crippen MR) is 111 cm³/mol. The van der Waals surface area contributed by atoms with E-state index in [-0.39, 0.29) is 5.69 Å². The summed E-state index contributed by atoms with van der Waals surface area (Å²) in [5.74, 6) is -0.560. The van der Waals surface area contributed by atoms with Crippen LogP contribution < -0.4 is 10.1 Å². The van der Waals surface area contributed by atoms with Gasteiger partial charge in [0.2, 0.25) is 0 Å². The molecular formula is C23H18F3N3O2. The third kappa shape index (κ3) is 4.09. The van der Waals surface area contributed by atoms with Crippen molar-refractivity contribution in [3.05, 3.63) is 83.7 Å². The van der Waals surface area contributed by atoms with Gasteiger partial charge in [0.25, 0.3) is 5.91 Å². The Bertz CT molecular complexity index is 1280. The number of alkyl halides is 3. The van der Waals surface area contributed by atoms with E-state index in [0.717, 1.165) is 23.3 Å². The molecule has 4 aromatic rings. The molecule has 0 aliphatic carbocycles. The van der Waals surface area contributed by atoms with E-state index in [1.54, 1.807) is 18.2 Å². The molecule has 0 aliphatic heterocycles. The van der Waals surface area contributed by atoms with Crippen LogP contribution in [0.2, 0.25) is 0 Å². The summed E-state index contributed by atoms with van der Waals surface area (Å²) in [4.78, 5) is 17.3. The number of nitrogens with zero attached hydrogens (tertiary/aromatic N) is 2. The fourth-order valence-corrected chi connectivity index (χ4v) is 3.31. The second-order valence-corrected chi connectivity index (χ2v) is 7.01. The highest BCUT2D eigenvalue weighted by Gasteiger charge is 2.35. The summed E-state index contributed by atoms with van der Waals surface area (Å²) in [6, 6.07) is 13.6. The fraction of sp³-hybridized carbons (Fsp3) is 0.130. The van der Waals surface area contributed by atoms with E-state index in [1.165, 1.54) is 19.2 Å². The van der Waals surface area contributed by atoms with E-state index in [9.17, 15) is 18.0 Å². The van der Waals surface area contributed by atoms with Crippen LogP contribution in [-0.4, -0.2) is 22.4 Å². The van der Waals surface area contributed by atoms with Gasteiger partial charge in [-0.2, -0.15) is 13.2 Å². The maximum absolute atomic E-state index is 13.3. The third-order valence-corrected chi connectivity index (χ3v) is 4.84. The molecule has 5 nitrogen and oxygen atoms in total. The Morgan fingerprint density at radius 1 is 1.10 bits per heavy atom. The third-order valence-electron chi connectivity index (χ3n) is 4.84. The van der Waals surface area contributed by atoms with Gasteiger partial charge in [-0.3, -0.25) is 4.79 Å². The fourth-order valence-electron chi connectivity index (χ4n) is 3.31. The van der Waals surface area contributed by atoms with Crippen molar-refractivity contribution in [1.82, 2.24) is 9.38 Å². The predicted octanol–water partition coefficient (Wildman–Crippen LogP) is 5.59. The second-order valence-electron chi connectivity index (χ2n) is 7.01. The summed E-state index contributed by atoms with van der Waals surface area (Å²) in [6.45, 7) is 1.97. The number of halogens is 3. The molecular weight excluding hydrogens is 407 g/mol. The Labute approximate surface area is 176 Å². The normalized spacial score (nSPS) is 11.5. The molecule has 0 unspecified atom stereocenters. The van der Waals surface area contributed by atoms with Crippen molar-refractivity contribution in [2.45, 2.75) is 13.1 Å². The number of ether oxygens (including phenoxy) is 1. The van der Waals surface area contributed by atoms with Crippen molar-refractivity contribution in [2.24, 2.45) is 0 Å². The Kier molecular flexibility index (Phi) is 5.14. The molecule has 0 radical (unpaired) electrons. The van der Waals surface area contributed by atoms with Crippen molar-refractivity contribution in [3.63, 3.8) is 0 Å². The Balaban J connectivity index is 1.71. The molecule has 0 atom stereocenters. The van der Waals surface area contributed by atoms with E-state index in [2.05, 4.69) is 10.3 Å². The molecule has 1 amide bonds. The van der Waals surface area contributed by atoms with Crippen LogP contribution in [0.15, 0.2) is 67.0 Å². The minimum atomic E-state index is -4.64. The number of methoxy groups -OCH3 is 1. The van der Waals surface area contributed by atoms with Crippen molar-refractivity contribution in [2.75, 3.05) is 12.4 Å². The highest BCUT2D eigenvalue weighted by molar-refractivity contribution is 6.06. The zero-order valence-corrected chi connectivity index (χ0v) is 16.7. The lowest BCUT2D eigenvalue weighted by Crippen LogP contribution is -2.19. The largest absolute Gasteiger partial charge is 0.495 e. The SMILES string of the molecule is COc1ccc(-c2cn3ccc(C)cc3n2)cc1NC(=O)c1ccccc1C(F)(F)F. The van der Waals surface area contributed by atoms with E-state index >= 15 is 0 Å². The zero-order valence-electron chi connectivity index (χ0n) is 16.7. The molecule has 2 heterocycles. The first-order chi connectivity index (χ1) is 14.8. The molecule has 31 heavy (non-hydrogen) atoms. The molecule has 0 saturated carbocycles. The van der Waals surface area contributed by atoms with Crippen molar-refractivity contribution < 1.29 is 22.7 Å². The molecule has 1 N–H and O–H groups in total. The van der Waals surface area contributed by atoms with Crippen LogP contribution in [0.25, 0.3) is 16.9 Å². The molecule has 2 aromatic carbocycles. The number of hydrogen-bond donors (Lipinski definition) is 1. The van der Waals surface area contributed by atoms with Gasteiger partial charge in [0.15, 0.2) is 0 Å². The van der Waals surface area contributed by atoms with Crippen LogP contribution in [0.3, 0.4) is 0 Å². The first-order valence-corrected chi connectivity index (χ1v) is 9.37. The Morgan fingerprint density at radius 3 is 2.61 bits per heavy atom. The summed E-state index contributed by atoms with van der Waals surface area (Å²) >= 11 is 0. The summed E-state index contributed by atoms with van der Waals surface area (Å²) in [5, 5.41) is 2.54. The van der Waals surface area contributed by atoms with Gasteiger partial charge in [0, 0.05) is 18.0 Å². The standard InChI is InChI=1S/C23H18F3N3O2/c1-14-9-10-29-13-19(27-21(29)11-14)15-7-8-20(31-2)18(12-15)28-22(30)16-5-3-4-6-17(16)23(24,25)26/h3-13H,1-2H3,(H,28,30). The maximum Gasteiger partial charge on any atom is 0.417 e. The molecule has 0 aliphatic rings. The summed E-state index contributed by atoms with van der Waals surface area (Å²) in [5.41, 5.74) is 1.94. The molecule has 4 rings (SSSR count). The quantitative estimate of drug-likeness (QED) is 0.464. The number of pyridine rings is 1. The monoisotopic (exact) mass is 425 g/mol. The molecule has 2 aromatic heterocycles. The first kappa shape index (κ1) is 20.5. The van der Waals surface area contributed by atoms with Gasteiger partial charge < -0.3 is 14.5 Å². The van der Waals surface area contributed by atoms with Gasteiger partial charge in [0.05, 0.1) is 29.6 Å². The average Bonchev–Trinajstić information content (AvgIpc) is 3.16. The lowest BCUT2D eigenvalue weighted by Gasteiger charge is -2.15. The number of hydrogen-bond acceptors (Lipinski definition) is 3. The minimum Gasteiger partial charge on any atom is -0.495 e. The number of aryl methyl sites for hydroxylation is 1. The highest BCUT2D eigenvalue weighted by atomic mass is 19.4. The minimum absolute atomic E-state index is 0.246. The summed E-state index contributed by atoms with van der Waals surface area (Å²) < 4.78 is 47.0. The highest BCUT2D eigenvalue weighted by Crippen LogP contribution is 2.34. The topological polar surface area (TPSA) is 55.6 Å². The van der Waals surface area contributed by atoms with E-state index in [4.69, 9.17) is 4.74 Å². The zero-order chi connectivity index (χ0) is 22.2. The van der Waals surface area contributed by atoms with Crippen molar-refractivity contribution in [1.29, 1.82) is 0 Å². The summed E-state index contributed by atoms with van der Waals surface area (Å²) in [7, 11) is 1.42. The van der Waals surface area contributed by atoms with Gasteiger partial charge in [-0.05, 0) is 55.0 Å². The van der Waals surface area contributed by atoms with Gasteiger partial charge in [-0.15, -0.1) is 0 Å². The Hall–Kier alpha value is -3.81. The second kappa shape index (κ2) is 7.79. The lowest BCUT2D eigenvalue weighted by atomic mass is 10.1. The Morgan fingerprint density at radius 2 is 1.87 bits per heavy atom. The number of carbonyl (C=O) groups is 1. The number of anilines is 1. The van der Waals surface area contributed by atoms with Crippen LogP contribution in [0, 0.1) is 6.92 Å². The van der Waals surface area contributed by atoms with Crippen molar-refractivity contribution in [3.8, 4) is 17.0 Å². The van der Waals surface area contributed by atoms with E-state index < -0.39 is 23.2 Å². The van der Waals surface area contributed by atoms with Crippen LogP contribution >= 0.6 is 0 Å². The number of imidazole rings is 1. The number of nitrogens with one attached hydrogen (secondary N) is 1. The van der Waals surface area contributed by atoms with Crippen molar-refractivity contribution >= 4 is 17.2 Å². The smallest absolute Gasteiger partial charge is 0.417 e. The van der Waals surface area contributed by atoms with Crippen LogP contribution in [-0.2, 0) is 6.18 Å². The molecule has 0 fully saturated rings. The summed E-state index contributed by atoms with van der Waals surface area (Å²) in [6.07, 6.45) is -0.920. The molecule has 8 heteroatoms. The molecule has 158 valence electrons. The van der Waals surface area contributed by atoms with Gasteiger partial charge in [0.1, 0.15) is 11.4 Å². The van der Waals surface area contributed by atoms with Gasteiger partial charge >= 0.3 is 6.18 Å². The lowest BCUT2D eigenvalue weighted by molar-refractivity contribution is -0.137. The van der Waals surface area contributed by atoms with Crippen LogP contribution in [0.5, 0.6) is 5.75 Å². The van der Waals surface area contributed by atoms with E-state index in [1.807, 2.05) is 35.9 Å². The number of aromatic nitrogens is 2. The van der Waals surface area contributed by atoms with E-state index in [0.29, 0.717) is 17.0 Å². The molecule has 0 spiro atoms. The van der Waals surface area contributed by atoms with Crippen LogP contribution in [0.1, 0.15) is 21.5 Å². The number of carbonyl (C=O) groups excluding carboxylic acids is 1. The molecule has 0 saturated heterocycles.